The number of rotatable bonds is 3. The van der Waals surface area contributed by atoms with E-state index in [-0.39, 0.29) is 12.0 Å². The molecule has 2 atom stereocenters. The van der Waals surface area contributed by atoms with Gasteiger partial charge in [0, 0.05) is 5.75 Å². The number of aldehydes is 1. The zero-order valence-corrected chi connectivity index (χ0v) is 8.28. The van der Waals surface area contributed by atoms with Crippen LogP contribution in [0.3, 0.4) is 0 Å². The van der Waals surface area contributed by atoms with Crippen molar-refractivity contribution in [2.75, 3.05) is 5.75 Å². The lowest BCUT2D eigenvalue weighted by atomic mass is 9.91. The topological polar surface area (TPSA) is 37.3 Å². The maximum absolute atomic E-state index is 10.5. The summed E-state index contributed by atoms with van der Waals surface area (Å²) in [5.74, 6) is 0.757. The number of hydrogen-bond acceptors (Lipinski definition) is 3. The first-order chi connectivity index (χ1) is 6.26. The molecule has 1 rings (SSSR count). The molecule has 0 radical (unpaired) electrons. The van der Waals surface area contributed by atoms with Crippen molar-refractivity contribution in [1.29, 1.82) is 0 Å². The Morgan fingerprint density at radius 1 is 1.69 bits per heavy atom. The predicted octanol–water partition coefficient (Wildman–Crippen LogP) is 1.37. The molecule has 72 valence electrons. The molecule has 0 bridgehead atoms. The normalized spacial score (nSPS) is 28.9. The van der Waals surface area contributed by atoms with Crippen molar-refractivity contribution >= 4 is 18.9 Å². The van der Waals surface area contributed by atoms with Crippen LogP contribution >= 0.6 is 12.6 Å². The Hall–Kier alpha value is -0.540. The highest BCUT2D eigenvalue weighted by Crippen LogP contribution is 2.21. The van der Waals surface area contributed by atoms with Crippen LogP contribution in [-0.2, 0) is 4.79 Å². The highest BCUT2D eigenvalue weighted by atomic mass is 32.1. The summed E-state index contributed by atoms with van der Waals surface area (Å²) in [7, 11) is 0. The summed E-state index contributed by atoms with van der Waals surface area (Å²) in [6.07, 6.45) is 7.75. The van der Waals surface area contributed by atoms with E-state index in [0.29, 0.717) is 17.7 Å². The van der Waals surface area contributed by atoms with Crippen LogP contribution in [-0.4, -0.2) is 23.2 Å². The van der Waals surface area contributed by atoms with Crippen molar-refractivity contribution in [3.8, 4) is 0 Å². The highest BCUT2D eigenvalue weighted by Gasteiger charge is 2.13. The summed E-state index contributed by atoms with van der Waals surface area (Å²) in [4.78, 5) is 10.5. The molecule has 0 fully saturated rings. The Bertz CT molecular complexity index is 233. The first kappa shape index (κ1) is 10.5. The Labute approximate surface area is 83.7 Å². The Kier molecular flexibility index (Phi) is 4.25. The number of carbonyl (C=O) groups is 1. The van der Waals surface area contributed by atoms with Gasteiger partial charge in [-0.2, -0.15) is 12.6 Å². The van der Waals surface area contributed by atoms with E-state index in [9.17, 15) is 9.90 Å². The summed E-state index contributed by atoms with van der Waals surface area (Å²) in [5.41, 5.74) is 0.704. The third-order valence-electron chi connectivity index (χ3n) is 2.13. The van der Waals surface area contributed by atoms with Crippen molar-refractivity contribution in [3.05, 3.63) is 23.8 Å². The van der Waals surface area contributed by atoms with Crippen molar-refractivity contribution in [3.63, 3.8) is 0 Å². The van der Waals surface area contributed by atoms with Gasteiger partial charge < -0.3 is 5.11 Å². The first-order valence-corrected chi connectivity index (χ1v) is 5.01. The second-order valence-electron chi connectivity index (χ2n) is 3.24. The Morgan fingerprint density at radius 2 is 2.46 bits per heavy atom. The van der Waals surface area contributed by atoms with Crippen molar-refractivity contribution in [2.45, 2.75) is 18.9 Å². The number of aliphatic hydroxyl groups is 1. The van der Waals surface area contributed by atoms with E-state index in [1.54, 1.807) is 6.08 Å². The zero-order valence-electron chi connectivity index (χ0n) is 7.39. The number of aliphatic hydroxyl groups excluding tert-OH is 1. The number of carbonyl (C=O) groups excluding carboxylic acids is 1. The lowest BCUT2D eigenvalue weighted by Crippen LogP contribution is -2.14. The Morgan fingerprint density at radius 3 is 3.00 bits per heavy atom. The number of allylic oxidation sites excluding steroid dienone is 2. The fourth-order valence-electron chi connectivity index (χ4n) is 1.46. The first-order valence-electron chi connectivity index (χ1n) is 4.37. The van der Waals surface area contributed by atoms with Gasteiger partial charge in [-0.3, -0.25) is 4.79 Å². The summed E-state index contributed by atoms with van der Waals surface area (Å²) in [6, 6.07) is 0. The third kappa shape index (κ3) is 3.36. The van der Waals surface area contributed by atoms with E-state index in [1.807, 2.05) is 12.2 Å². The monoisotopic (exact) mass is 198 g/mol. The molecular weight excluding hydrogens is 184 g/mol. The molecule has 0 aromatic heterocycles. The van der Waals surface area contributed by atoms with Crippen molar-refractivity contribution < 1.29 is 9.90 Å². The van der Waals surface area contributed by atoms with E-state index < -0.39 is 0 Å². The van der Waals surface area contributed by atoms with E-state index in [1.165, 1.54) is 0 Å². The average molecular weight is 198 g/mol. The Balaban J connectivity index is 2.58. The SMILES string of the molecule is O=C/C(=C/[C@@H]1CC=CC(O)C1)CS. The van der Waals surface area contributed by atoms with E-state index in [4.69, 9.17) is 0 Å². The highest BCUT2D eigenvalue weighted by molar-refractivity contribution is 7.80. The van der Waals surface area contributed by atoms with Crippen molar-refractivity contribution in [1.82, 2.24) is 0 Å². The summed E-state index contributed by atoms with van der Waals surface area (Å²) in [5, 5.41) is 9.31. The van der Waals surface area contributed by atoms with Gasteiger partial charge in [0.1, 0.15) is 6.29 Å². The molecule has 3 heteroatoms. The van der Waals surface area contributed by atoms with Gasteiger partial charge in [0.25, 0.3) is 0 Å². The minimum atomic E-state index is -0.359. The van der Waals surface area contributed by atoms with Crippen LogP contribution in [0.1, 0.15) is 12.8 Å². The molecule has 0 heterocycles. The van der Waals surface area contributed by atoms with E-state index >= 15 is 0 Å². The smallest absolute Gasteiger partial charge is 0.146 e. The third-order valence-corrected chi connectivity index (χ3v) is 2.49. The zero-order chi connectivity index (χ0) is 9.68. The summed E-state index contributed by atoms with van der Waals surface area (Å²) < 4.78 is 0. The molecule has 0 saturated carbocycles. The maximum atomic E-state index is 10.5. The predicted molar refractivity (Wildman–Crippen MR) is 55.9 cm³/mol. The van der Waals surface area contributed by atoms with Gasteiger partial charge in [-0.15, -0.1) is 0 Å². The number of hydrogen-bond donors (Lipinski definition) is 2. The second-order valence-corrected chi connectivity index (χ2v) is 3.56. The largest absolute Gasteiger partial charge is 0.389 e. The molecule has 0 amide bonds. The maximum Gasteiger partial charge on any atom is 0.146 e. The molecular formula is C10H14O2S. The quantitative estimate of drug-likeness (QED) is 0.311. The molecule has 1 aliphatic rings. The van der Waals surface area contributed by atoms with E-state index in [0.717, 1.165) is 12.7 Å². The molecule has 2 nitrogen and oxygen atoms in total. The van der Waals surface area contributed by atoms with Crippen LogP contribution in [0.2, 0.25) is 0 Å². The van der Waals surface area contributed by atoms with Gasteiger partial charge >= 0.3 is 0 Å². The van der Waals surface area contributed by atoms with Crippen LogP contribution in [0.5, 0.6) is 0 Å². The standard InChI is InChI=1S/C10H14O2S/c11-6-9(7-13)4-8-2-1-3-10(12)5-8/h1,3-4,6,8,10,12-13H,2,5,7H2/b9-4-/t8-,10?/m0/s1. The van der Waals surface area contributed by atoms with Crippen LogP contribution in [0, 0.1) is 5.92 Å². The van der Waals surface area contributed by atoms with Crippen LogP contribution in [0.15, 0.2) is 23.8 Å². The molecule has 0 spiro atoms. The van der Waals surface area contributed by atoms with Gasteiger partial charge in [-0.1, -0.05) is 18.2 Å². The number of thiol groups is 1. The molecule has 1 unspecified atom stereocenters. The molecule has 1 N–H and O–H groups in total. The summed E-state index contributed by atoms with van der Waals surface area (Å²) >= 11 is 4.04. The molecule has 13 heavy (non-hydrogen) atoms. The fraction of sp³-hybridized carbons (Fsp3) is 0.500. The lowest BCUT2D eigenvalue weighted by Gasteiger charge is -2.18. The molecule has 0 aromatic carbocycles. The molecule has 0 aromatic rings. The van der Waals surface area contributed by atoms with Crippen LogP contribution in [0.25, 0.3) is 0 Å². The fourth-order valence-corrected chi connectivity index (χ4v) is 1.64. The molecule has 0 saturated heterocycles. The second kappa shape index (κ2) is 5.25. The summed E-state index contributed by atoms with van der Waals surface area (Å²) in [6.45, 7) is 0. The minimum absolute atomic E-state index is 0.285. The van der Waals surface area contributed by atoms with Gasteiger partial charge in [-0.25, -0.2) is 0 Å². The average Bonchev–Trinajstić information content (AvgIpc) is 2.14. The van der Waals surface area contributed by atoms with Crippen LogP contribution in [0.4, 0.5) is 0 Å². The minimum Gasteiger partial charge on any atom is -0.389 e. The van der Waals surface area contributed by atoms with Gasteiger partial charge in [0.2, 0.25) is 0 Å². The van der Waals surface area contributed by atoms with Gasteiger partial charge in [0.15, 0.2) is 0 Å². The van der Waals surface area contributed by atoms with E-state index in [2.05, 4.69) is 12.6 Å². The van der Waals surface area contributed by atoms with Crippen LogP contribution < -0.4 is 0 Å². The lowest BCUT2D eigenvalue weighted by molar-refractivity contribution is -0.104. The van der Waals surface area contributed by atoms with Gasteiger partial charge in [0.05, 0.1) is 6.10 Å². The molecule has 1 aliphatic carbocycles. The van der Waals surface area contributed by atoms with Gasteiger partial charge in [-0.05, 0) is 24.3 Å². The molecule has 0 aliphatic heterocycles. The van der Waals surface area contributed by atoms with Crippen molar-refractivity contribution in [2.24, 2.45) is 5.92 Å².